The van der Waals surface area contributed by atoms with E-state index in [4.69, 9.17) is 16.7 Å². The molecule has 0 spiro atoms. The van der Waals surface area contributed by atoms with E-state index in [0.717, 1.165) is 5.56 Å². The first-order valence-corrected chi connectivity index (χ1v) is 6.15. The van der Waals surface area contributed by atoms with Crippen LogP contribution in [0.3, 0.4) is 0 Å². The number of carbonyl (C=O) groups is 1. The minimum Gasteiger partial charge on any atom is -0.392 e. The summed E-state index contributed by atoms with van der Waals surface area (Å²) in [4.78, 5) is 15.8. The average molecular weight is 277 g/mol. The fourth-order valence-corrected chi connectivity index (χ4v) is 1.91. The molecule has 1 aromatic carbocycles. The minimum absolute atomic E-state index is 0.144. The van der Waals surface area contributed by atoms with Gasteiger partial charge in [-0.15, -0.1) is 0 Å². The lowest BCUT2D eigenvalue weighted by molar-refractivity contribution is -0.115. The van der Waals surface area contributed by atoms with Crippen molar-refractivity contribution in [3.8, 4) is 0 Å². The smallest absolute Gasteiger partial charge is 0.228 e. The van der Waals surface area contributed by atoms with E-state index in [-0.39, 0.29) is 18.9 Å². The number of nitrogens with one attached hydrogen (secondary N) is 1. The van der Waals surface area contributed by atoms with Gasteiger partial charge in [0.25, 0.3) is 0 Å². The second-order valence-electron chi connectivity index (χ2n) is 4.05. The van der Waals surface area contributed by atoms with Crippen LogP contribution in [0.1, 0.15) is 11.1 Å². The maximum absolute atomic E-state index is 11.9. The third kappa shape index (κ3) is 3.77. The Labute approximate surface area is 116 Å². The Bertz CT molecular complexity index is 587. The molecule has 1 amide bonds. The van der Waals surface area contributed by atoms with E-state index in [1.165, 1.54) is 6.20 Å². The zero-order valence-electron chi connectivity index (χ0n) is 10.1. The van der Waals surface area contributed by atoms with E-state index in [1.807, 2.05) is 6.07 Å². The number of amides is 1. The van der Waals surface area contributed by atoms with Crippen LogP contribution < -0.4 is 5.32 Å². The summed E-state index contributed by atoms with van der Waals surface area (Å²) in [5.41, 5.74) is 1.99. The Morgan fingerprint density at radius 1 is 1.37 bits per heavy atom. The van der Waals surface area contributed by atoms with Crippen molar-refractivity contribution in [3.63, 3.8) is 0 Å². The molecule has 5 heteroatoms. The quantitative estimate of drug-likeness (QED) is 0.901. The molecule has 0 saturated carbocycles. The molecular weight excluding hydrogens is 264 g/mol. The van der Waals surface area contributed by atoms with Gasteiger partial charge in [0.15, 0.2) is 0 Å². The fraction of sp³-hybridized carbons (Fsp3) is 0.143. The molecule has 0 saturated heterocycles. The SMILES string of the molecule is O=C(Cc1cccc(Cl)c1)Nc1cnccc1CO. The van der Waals surface area contributed by atoms with Crippen LogP contribution in [0.4, 0.5) is 5.69 Å². The summed E-state index contributed by atoms with van der Waals surface area (Å²) in [6.07, 6.45) is 3.31. The molecule has 2 N–H and O–H groups in total. The van der Waals surface area contributed by atoms with Crippen LogP contribution in [0.2, 0.25) is 5.02 Å². The zero-order valence-corrected chi connectivity index (χ0v) is 10.9. The highest BCUT2D eigenvalue weighted by atomic mass is 35.5. The summed E-state index contributed by atoms with van der Waals surface area (Å²) in [7, 11) is 0. The van der Waals surface area contributed by atoms with Crippen LogP contribution in [0.25, 0.3) is 0 Å². The molecule has 2 rings (SSSR count). The van der Waals surface area contributed by atoms with Crippen molar-refractivity contribution in [2.45, 2.75) is 13.0 Å². The summed E-state index contributed by atoms with van der Waals surface area (Å²) < 4.78 is 0. The lowest BCUT2D eigenvalue weighted by Crippen LogP contribution is -2.15. The largest absolute Gasteiger partial charge is 0.392 e. The van der Waals surface area contributed by atoms with Gasteiger partial charge in [-0.05, 0) is 23.8 Å². The normalized spacial score (nSPS) is 10.2. The van der Waals surface area contributed by atoms with Gasteiger partial charge in [-0.1, -0.05) is 23.7 Å². The molecule has 1 aromatic heterocycles. The molecule has 0 aliphatic carbocycles. The molecule has 0 bridgehead atoms. The average Bonchev–Trinajstić information content (AvgIpc) is 2.39. The number of aliphatic hydroxyl groups is 1. The molecule has 4 nitrogen and oxygen atoms in total. The third-order valence-electron chi connectivity index (χ3n) is 2.61. The second kappa shape index (κ2) is 6.31. The van der Waals surface area contributed by atoms with Crippen LogP contribution >= 0.6 is 11.6 Å². The maximum atomic E-state index is 11.9. The van der Waals surface area contributed by atoms with E-state index in [9.17, 15) is 4.79 Å². The summed E-state index contributed by atoms with van der Waals surface area (Å²) in [6, 6.07) is 8.80. The van der Waals surface area contributed by atoms with Crippen molar-refractivity contribution in [2.24, 2.45) is 0 Å². The van der Waals surface area contributed by atoms with Crippen LogP contribution in [0, 0.1) is 0 Å². The zero-order chi connectivity index (χ0) is 13.7. The number of rotatable bonds is 4. The highest BCUT2D eigenvalue weighted by Crippen LogP contribution is 2.15. The van der Waals surface area contributed by atoms with Crippen molar-refractivity contribution in [3.05, 3.63) is 58.9 Å². The Morgan fingerprint density at radius 2 is 2.21 bits per heavy atom. The maximum Gasteiger partial charge on any atom is 0.228 e. The van der Waals surface area contributed by atoms with Crippen molar-refractivity contribution >= 4 is 23.2 Å². The van der Waals surface area contributed by atoms with Gasteiger partial charge in [-0.2, -0.15) is 0 Å². The van der Waals surface area contributed by atoms with Crippen LogP contribution in [0.5, 0.6) is 0 Å². The van der Waals surface area contributed by atoms with Crippen LogP contribution in [-0.2, 0) is 17.8 Å². The Hall–Kier alpha value is -1.91. The van der Waals surface area contributed by atoms with Crippen molar-refractivity contribution in [1.82, 2.24) is 4.98 Å². The lowest BCUT2D eigenvalue weighted by atomic mass is 10.1. The molecule has 0 radical (unpaired) electrons. The predicted octanol–water partition coefficient (Wildman–Crippen LogP) is 2.41. The van der Waals surface area contributed by atoms with E-state index >= 15 is 0 Å². The number of aromatic nitrogens is 1. The summed E-state index contributed by atoms with van der Waals surface area (Å²) >= 11 is 5.86. The van der Waals surface area contributed by atoms with E-state index < -0.39 is 0 Å². The van der Waals surface area contributed by atoms with Gasteiger partial charge < -0.3 is 10.4 Å². The molecule has 19 heavy (non-hydrogen) atoms. The molecule has 0 aliphatic rings. The number of halogens is 1. The summed E-state index contributed by atoms with van der Waals surface area (Å²) in [5.74, 6) is -0.176. The molecule has 0 aliphatic heterocycles. The number of hydrogen-bond acceptors (Lipinski definition) is 3. The Balaban J connectivity index is 2.05. The number of anilines is 1. The molecule has 2 aromatic rings. The van der Waals surface area contributed by atoms with E-state index in [0.29, 0.717) is 16.3 Å². The van der Waals surface area contributed by atoms with Gasteiger partial charge in [0.1, 0.15) is 0 Å². The number of hydrogen-bond donors (Lipinski definition) is 2. The first-order valence-electron chi connectivity index (χ1n) is 5.77. The summed E-state index contributed by atoms with van der Waals surface area (Å²) in [6.45, 7) is -0.144. The topological polar surface area (TPSA) is 62.2 Å². The van der Waals surface area contributed by atoms with Crippen molar-refractivity contribution in [2.75, 3.05) is 5.32 Å². The molecule has 98 valence electrons. The van der Waals surface area contributed by atoms with E-state index in [2.05, 4.69) is 10.3 Å². The molecule has 1 heterocycles. The first kappa shape index (κ1) is 13.5. The molecule has 0 atom stereocenters. The van der Waals surface area contributed by atoms with Gasteiger partial charge in [0.2, 0.25) is 5.91 Å². The van der Waals surface area contributed by atoms with Gasteiger partial charge in [-0.3, -0.25) is 9.78 Å². The molecule has 0 unspecified atom stereocenters. The fourth-order valence-electron chi connectivity index (χ4n) is 1.70. The van der Waals surface area contributed by atoms with Gasteiger partial charge in [0, 0.05) is 16.8 Å². The van der Waals surface area contributed by atoms with Crippen molar-refractivity contribution < 1.29 is 9.90 Å². The third-order valence-corrected chi connectivity index (χ3v) is 2.84. The Morgan fingerprint density at radius 3 is 2.95 bits per heavy atom. The molecule has 0 fully saturated rings. The lowest BCUT2D eigenvalue weighted by Gasteiger charge is -2.08. The number of carbonyl (C=O) groups excluding carboxylic acids is 1. The van der Waals surface area contributed by atoms with Crippen molar-refractivity contribution in [1.29, 1.82) is 0 Å². The minimum atomic E-state index is -0.176. The first-order chi connectivity index (χ1) is 9.19. The van der Waals surface area contributed by atoms with Crippen LogP contribution in [0.15, 0.2) is 42.7 Å². The van der Waals surface area contributed by atoms with Crippen LogP contribution in [-0.4, -0.2) is 16.0 Å². The predicted molar refractivity (Wildman–Crippen MR) is 73.9 cm³/mol. The molecular formula is C14H13ClN2O2. The monoisotopic (exact) mass is 276 g/mol. The number of nitrogens with zero attached hydrogens (tertiary/aromatic N) is 1. The standard InChI is InChI=1S/C14H13ClN2O2/c15-12-3-1-2-10(6-12)7-14(19)17-13-8-16-5-4-11(13)9-18/h1-6,8,18H,7,9H2,(H,17,19). The number of pyridine rings is 1. The van der Waals surface area contributed by atoms with Gasteiger partial charge in [0.05, 0.1) is 24.9 Å². The highest BCUT2D eigenvalue weighted by Gasteiger charge is 2.07. The second-order valence-corrected chi connectivity index (χ2v) is 4.48. The number of benzene rings is 1. The van der Waals surface area contributed by atoms with E-state index in [1.54, 1.807) is 30.5 Å². The highest BCUT2D eigenvalue weighted by molar-refractivity contribution is 6.30. The van der Waals surface area contributed by atoms with Gasteiger partial charge in [-0.25, -0.2) is 0 Å². The summed E-state index contributed by atoms with van der Waals surface area (Å²) in [5, 5.41) is 12.5. The van der Waals surface area contributed by atoms with Gasteiger partial charge >= 0.3 is 0 Å². The number of aliphatic hydroxyl groups excluding tert-OH is 1. The Kier molecular flexibility index (Phi) is 4.49.